The molecule has 0 aliphatic carbocycles. The Kier molecular flexibility index (Phi) is 2.82. The highest BCUT2D eigenvalue weighted by molar-refractivity contribution is 6.65. The summed E-state index contributed by atoms with van der Waals surface area (Å²) in [5, 5.41) is 10.2. The normalized spacial score (nSPS) is 14.6. The van der Waals surface area contributed by atoms with Crippen LogP contribution in [-0.4, -0.2) is 12.1 Å². The van der Waals surface area contributed by atoms with E-state index >= 15 is 0 Å². The molecule has 0 aromatic heterocycles. The summed E-state index contributed by atoms with van der Waals surface area (Å²) >= 11 is 6.19. The molecule has 0 saturated carbocycles. The fourth-order valence-corrected chi connectivity index (χ4v) is 2.16. The van der Waals surface area contributed by atoms with Crippen LogP contribution in [0.3, 0.4) is 0 Å². The van der Waals surface area contributed by atoms with Gasteiger partial charge in [0, 0.05) is 10.5 Å². The van der Waals surface area contributed by atoms with Crippen molar-refractivity contribution in [1.82, 2.24) is 0 Å². The van der Waals surface area contributed by atoms with E-state index < -0.39 is 7.12 Å². The number of aryl methyl sites for hydroxylation is 1. The molecule has 0 amide bonds. The van der Waals surface area contributed by atoms with Crippen molar-refractivity contribution >= 4 is 24.2 Å². The molecular weight excluding hydrogens is 198 g/mol. The van der Waals surface area contributed by atoms with E-state index in [9.17, 15) is 5.02 Å². The first-order valence-electron chi connectivity index (χ1n) is 4.84. The Labute approximate surface area is 89.0 Å². The van der Waals surface area contributed by atoms with Gasteiger partial charge in [-0.25, -0.2) is 0 Å². The molecule has 1 aliphatic heterocycles. The maximum atomic E-state index is 9.55. The molecule has 14 heavy (non-hydrogen) atoms. The first-order chi connectivity index (χ1) is 6.74. The van der Waals surface area contributed by atoms with Crippen LogP contribution in [-0.2, 0) is 17.7 Å². The van der Waals surface area contributed by atoms with Crippen LogP contribution in [0.5, 0.6) is 0 Å². The van der Waals surface area contributed by atoms with Crippen LogP contribution in [0.2, 0.25) is 5.02 Å². The van der Waals surface area contributed by atoms with Crippen molar-refractivity contribution in [2.75, 3.05) is 0 Å². The number of fused-ring (bicyclic) bond motifs is 1. The summed E-state index contributed by atoms with van der Waals surface area (Å²) in [6.45, 7) is 2.57. The topological polar surface area (TPSA) is 29.5 Å². The van der Waals surface area contributed by atoms with Crippen LogP contribution in [0.25, 0.3) is 0 Å². The zero-order valence-electron chi connectivity index (χ0n) is 8.09. The van der Waals surface area contributed by atoms with E-state index in [4.69, 9.17) is 16.3 Å². The number of hydrogen-bond acceptors (Lipinski definition) is 2. The molecule has 0 radical (unpaired) electrons. The Balaban J connectivity index is 2.45. The van der Waals surface area contributed by atoms with Crippen molar-refractivity contribution in [3.05, 3.63) is 28.3 Å². The molecule has 1 N–H and O–H groups in total. The van der Waals surface area contributed by atoms with Gasteiger partial charge >= 0.3 is 7.12 Å². The standard InChI is InChI=1S/C10H12BClO2/c1-2-3-7-4-5-8-6-14-11(13)9(8)10(7)12/h4-5,13H,2-3,6H2,1H3. The van der Waals surface area contributed by atoms with Gasteiger partial charge in [-0.1, -0.05) is 37.1 Å². The highest BCUT2D eigenvalue weighted by Gasteiger charge is 2.30. The molecule has 74 valence electrons. The monoisotopic (exact) mass is 210 g/mol. The largest absolute Gasteiger partial charge is 0.493 e. The molecule has 1 heterocycles. The lowest BCUT2D eigenvalue weighted by atomic mass is 9.78. The highest BCUT2D eigenvalue weighted by atomic mass is 35.5. The van der Waals surface area contributed by atoms with Gasteiger partial charge in [0.25, 0.3) is 0 Å². The summed E-state index contributed by atoms with van der Waals surface area (Å²) in [5.74, 6) is 0. The van der Waals surface area contributed by atoms with Crippen LogP contribution >= 0.6 is 11.6 Å². The van der Waals surface area contributed by atoms with E-state index in [1.54, 1.807) is 0 Å². The van der Waals surface area contributed by atoms with Crippen LogP contribution in [0.1, 0.15) is 24.5 Å². The average molecular weight is 210 g/mol. The molecule has 0 atom stereocenters. The molecule has 0 saturated heterocycles. The van der Waals surface area contributed by atoms with Crippen LogP contribution in [0.15, 0.2) is 12.1 Å². The second kappa shape index (κ2) is 3.93. The van der Waals surface area contributed by atoms with Gasteiger partial charge in [-0.2, -0.15) is 0 Å². The van der Waals surface area contributed by atoms with Crippen molar-refractivity contribution in [2.24, 2.45) is 0 Å². The molecule has 4 heteroatoms. The smallest absolute Gasteiger partial charge is 0.423 e. The fraction of sp³-hybridized carbons (Fsp3) is 0.400. The maximum absolute atomic E-state index is 9.55. The van der Waals surface area contributed by atoms with E-state index in [1.807, 2.05) is 12.1 Å². The van der Waals surface area contributed by atoms with Gasteiger partial charge in [0.2, 0.25) is 0 Å². The molecule has 1 aromatic carbocycles. The Morgan fingerprint density at radius 1 is 1.57 bits per heavy atom. The van der Waals surface area contributed by atoms with Gasteiger partial charge in [-0.3, -0.25) is 0 Å². The van der Waals surface area contributed by atoms with Crippen molar-refractivity contribution in [2.45, 2.75) is 26.4 Å². The van der Waals surface area contributed by atoms with Crippen molar-refractivity contribution in [3.8, 4) is 0 Å². The van der Waals surface area contributed by atoms with Crippen molar-refractivity contribution in [1.29, 1.82) is 0 Å². The van der Waals surface area contributed by atoms with Crippen LogP contribution in [0.4, 0.5) is 0 Å². The lowest BCUT2D eigenvalue weighted by molar-refractivity contribution is 0.275. The third kappa shape index (κ3) is 1.56. The van der Waals surface area contributed by atoms with E-state index in [1.165, 1.54) is 0 Å². The first-order valence-corrected chi connectivity index (χ1v) is 5.21. The van der Waals surface area contributed by atoms with Gasteiger partial charge in [0.15, 0.2) is 0 Å². The molecule has 0 unspecified atom stereocenters. The minimum absolute atomic E-state index is 0.461. The van der Waals surface area contributed by atoms with E-state index in [0.29, 0.717) is 11.6 Å². The zero-order valence-corrected chi connectivity index (χ0v) is 8.84. The summed E-state index contributed by atoms with van der Waals surface area (Å²) in [6, 6.07) is 4.01. The fourth-order valence-electron chi connectivity index (χ4n) is 1.79. The zero-order chi connectivity index (χ0) is 10.1. The quantitative estimate of drug-likeness (QED) is 0.750. The lowest BCUT2D eigenvalue weighted by Gasteiger charge is -2.07. The average Bonchev–Trinajstić information content (AvgIpc) is 2.54. The second-order valence-corrected chi connectivity index (χ2v) is 3.90. The third-order valence-corrected chi connectivity index (χ3v) is 2.96. The predicted octanol–water partition coefficient (Wildman–Crippen LogP) is 1.51. The molecule has 0 bridgehead atoms. The van der Waals surface area contributed by atoms with E-state index in [-0.39, 0.29) is 0 Å². The van der Waals surface area contributed by atoms with Crippen molar-refractivity contribution < 1.29 is 9.68 Å². The maximum Gasteiger partial charge on any atom is 0.493 e. The number of rotatable bonds is 2. The summed E-state index contributed by atoms with van der Waals surface area (Å²) in [7, 11) is -0.839. The molecule has 1 aromatic rings. The van der Waals surface area contributed by atoms with E-state index in [2.05, 4.69) is 6.92 Å². The molecule has 1 aliphatic rings. The highest BCUT2D eigenvalue weighted by Crippen LogP contribution is 2.22. The minimum atomic E-state index is -0.839. The Morgan fingerprint density at radius 3 is 3.07 bits per heavy atom. The van der Waals surface area contributed by atoms with Gasteiger partial charge in [-0.05, 0) is 17.5 Å². The van der Waals surface area contributed by atoms with Gasteiger partial charge in [0.1, 0.15) is 0 Å². The van der Waals surface area contributed by atoms with Gasteiger partial charge in [-0.15, -0.1) is 0 Å². The Bertz CT molecular complexity index is 354. The number of halogens is 1. The Hall–Kier alpha value is -0.505. The second-order valence-electron chi connectivity index (χ2n) is 3.52. The van der Waals surface area contributed by atoms with Gasteiger partial charge in [0.05, 0.1) is 6.61 Å². The van der Waals surface area contributed by atoms with E-state index in [0.717, 1.165) is 29.4 Å². The first kappa shape index (κ1) is 10.0. The summed E-state index contributed by atoms with van der Waals surface area (Å²) < 4.78 is 5.11. The minimum Gasteiger partial charge on any atom is -0.423 e. The van der Waals surface area contributed by atoms with Gasteiger partial charge < -0.3 is 9.68 Å². The number of benzene rings is 1. The SMILES string of the molecule is CCCc1ccc2c(c1Cl)B(O)OC2. The number of hydrogen-bond donors (Lipinski definition) is 1. The lowest BCUT2D eigenvalue weighted by Crippen LogP contribution is -2.29. The Morgan fingerprint density at radius 2 is 2.36 bits per heavy atom. The third-order valence-electron chi connectivity index (χ3n) is 2.51. The van der Waals surface area contributed by atoms with Crippen LogP contribution in [0, 0.1) is 0 Å². The van der Waals surface area contributed by atoms with Crippen molar-refractivity contribution in [3.63, 3.8) is 0 Å². The molecule has 2 nitrogen and oxygen atoms in total. The molecule has 0 fully saturated rings. The summed E-state index contributed by atoms with van der Waals surface area (Å²) in [4.78, 5) is 0. The molecule has 2 rings (SSSR count). The molecule has 0 spiro atoms. The predicted molar refractivity (Wildman–Crippen MR) is 57.8 cm³/mol. The summed E-state index contributed by atoms with van der Waals surface area (Å²) in [6.07, 6.45) is 1.99. The summed E-state index contributed by atoms with van der Waals surface area (Å²) in [5.41, 5.74) is 2.86. The molecular formula is C10H12BClO2. The van der Waals surface area contributed by atoms with Crippen LogP contribution < -0.4 is 5.46 Å².